The van der Waals surface area contributed by atoms with Crippen molar-refractivity contribution in [3.05, 3.63) is 0 Å². The van der Waals surface area contributed by atoms with Gasteiger partial charge in [-0.05, 0) is 39.3 Å². The molecular formula is C12H25N3O. The highest BCUT2D eigenvalue weighted by atomic mass is 16.1. The molecule has 0 radical (unpaired) electrons. The first-order valence-corrected chi connectivity index (χ1v) is 6.18. The fourth-order valence-corrected chi connectivity index (χ4v) is 2.24. The van der Waals surface area contributed by atoms with Gasteiger partial charge in [0, 0.05) is 19.1 Å². The molecule has 3 atom stereocenters. The second-order valence-corrected chi connectivity index (χ2v) is 5.28. The SMILES string of the molecule is CC1CCC(N)C(C(=O)NCCN(C)C)C1. The molecule has 0 aromatic carbocycles. The Morgan fingerprint density at radius 1 is 1.44 bits per heavy atom. The highest BCUT2D eigenvalue weighted by molar-refractivity contribution is 5.79. The zero-order chi connectivity index (χ0) is 12.1. The molecule has 1 saturated carbocycles. The normalized spacial score (nSPS) is 30.4. The average molecular weight is 227 g/mol. The zero-order valence-corrected chi connectivity index (χ0v) is 10.7. The highest BCUT2D eigenvalue weighted by Gasteiger charge is 2.31. The lowest BCUT2D eigenvalue weighted by molar-refractivity contribution is -0.126. The number of hydrogen-bond acceptors (Lipinski definition) is 3. The van der Waals surface area contributed by atoms with Crippen LogP contribution in [0.25, 0.3) is 0 Å². The van der Waals surface area contributed by atoms with E-state index >= 15 is 0 Å². The third kappa shape index (κ3) is 4.10. The summed E-state index contributed by atoms with van der Waals surface area (Å²) in [5.41, 5.74) is 6.00. The third-order valence-corrected chi connectivity index (χ3v) is 3.36. The van der Waals surface area contributed by atoms with Crippen molar-refractivity contribution < 1.29 is 4.79 Å². The van der Waals surface area contributed by atoms with Gasteiger partial charge in [-0.2, -0.15) is 0 Å². The molecule has 1 amide bonds. The maximum atomic E-state index is 11.9. The van der Waals surface area contributed by atoms with Crippen LogP contribution in [0.3, 0.4) is 0 Å². The summed E-state index contributed by atoms with van der Waals surface area (Å²) in [5.74, 6) is 0.788. The second-order valence-electron chi connectivity index (χ2n) is 5.28. The Hall–Kier alpha value is -0.610. The minimum absolute atomic E-state index is 0.0194. The average Bonchev–Trinajstić information content (AvgIpc) is 2.21. The maximum absolute atomic E-state index is 11.9. The molecule has 4 heteroatoms. The van der Waals surface area contributed by atoms with E-state index in [1.54, 1.807) is 0 Å². The van der Waals surface area contributed by atoms with Crippen molar-refractivity contribution in [2.24, 2.45) is 17.6 Å². The molecule has 1 fully saturated rings. The van der Waals surface area contributed by atoms with Crippen molar-refractivity contribution in [2.75, 3.05) is 27.2 Å². The van der Waals surface area contributed by atoms with Crippen LogP contribution in [-0.4, -0.2) is 44.0 Å². The van der Waals surface area contributed by atoms with Crippen LogP contribution in [0, 0.1) is 11.8 Å². The van der Waals surface area contributed by atoms with Gasteiger partial charge in [-0.15, -0.1) is 0 Å². The van der Waals surface area contributed by atoms with Crippen LogP contribution in [-0.2, 0) is 4.79 Å². The molecule has 0 aromatic heterocycles. The van der Waals surface area contributed by atoms with Gasteiger partial charge in [-0.3, -0.25) is 4.79 Å². The van der Waals surface area contributed by atoms with Crippen molar-refractivity contribution in [1.29, 1.82) is 0 Å². The summed E-state index contributed by atoms with van der Waals surface area (Å²) in [7, 11) is 4.00. The standard InChI is InChI=1S/C12H25N3O/c1-9-4-5-11(13)10(8-9)12(16)14-6-7-15(2)3/h9-11H,4-8,13H2,1-3H3,(H,14,16). The van der Waals surface area contributed by atoms with Gasteiger partial charge in [0.25, 0.3) is 0 Å². The Balaban J connectivity index is 2.34. The molecule has 4 nitrogen and oxygen atoms in total. The number of nitrogens with two attached hydrogens (primary N) is 1. The highest BCUT2D eigenvalue weighted by Crippen LogP contribution is 2.27. The smallest absolute Gasteiger partial charge is 0.224 e. The van der Waals surface area contributed by atoms with Crippen LogP contribution in [0.2, 0.25) is 0 Å². The summed E-state index contributed by atoms with van der Waals surface area (Å²) in [6.45, 7) is 3.79. The Morgan fingerprint density at radius 3 is 2.75 bits per heavy atom. The van der Waals surface area contributed by atoms with Crippen LogP contribution in [0.1, 0.15) is 26.2 Å². The van der Waals surface area contributed by atoms with E-state index in [-0.39, 0.29) is 17.9 Å². The molecule has 0 saturated heterocycles. The molecule has 3 N–H and O–H groups in total. The second kappa shape index (κ2) is 6.21. The van der Waals surface area contributed by atoms with Gasteiger partial charge >= 0.3 is 0 Å². The Kier molecular flexibility index (Phi) is 5.22. The number of hydrogen-bond donors (Lipinski definition) is 2. The molecule has 0 heterocycles. The number of rotatable bonds is 4. The van der Waals surface area contributed by atoms with Crippen LogP contribution in [0.4, 0.5) is 0 Å². The van der Waals surface area contributed by atoms with E-state index in [0.29, 0.717) is 12.5 Å². The molecule has 3 unspecified atom stereocenters. The van der Waals surface area contributed by atoms with Crippen molar-refractivity contribution in [3.8, 4) is 0 Å². The van der Waals surface area contributed by atoms with E-state index in [0.717, 1.165) is 25.8 Å². The number of nitrogens with zero attached hydrogens (tertiary/aromatic N) is 1. The van der Waals surface area contributed by atoms with Crippen molar-refractivity contribution in [2.45, 2.75) is 32.2 Å². The molecule has 16 heavy (non-hydrogen) atoms. The lowest BCUT2D eigenvalue weighted by Gasteiger charge is -2.31. The van der Waals surface area contributed by atoms with E-state index in [9.17, 15) is 4.79 Å². The largest absolute Gasteiger partial charge is 0.355 e. The van der Waals surface area contributed by atoms with Gasteiger partial charge < -0.3 is 16.0 Å². The van der Waals surface area contributed by atoms with Gasteiger partial charge in [0.2, 0.25) is 5.91 Å². The maximum Gasteiger partial charge on any atom is 0.224 e. The summed E-state index contributed by atoms with van der Waals surface area (Å²) in [6.07, 6.45) is 3.07. The summed E-state index contributed by atoms with van der Waals surface area (Å²) >= 11 is 0. The van der Waals surface area contributed by atoms with E-state index in [2.05, 4.69) is 17.1 Å². The zero-order valence-electron chi connectivity index (χ0n) is 10.7. The molecular weight excluding hydrogens is 202 g/mol. The Morgan fingerprint density at radius 2 is 2.12 bits per heavy atom. The first-order chi connectivity index (χ1) is 7.50. The predicted molar refractivity (Wildman–Crippen MR) is 66.0 cm³/mol. The Bertz CT molecular complexity index is 230. The van der Waals surface area contributed by atoms with Crippen LogP contribution in [0.15, 0.2) is 0 Å². The predicted octanol–water partition coefficient (Wildman–Crippen LogP) is 0.428. The van der Waals surface area contributed by atoms with Crippen LogP contribution >= 0.6 is 0 Å². The number of carbonyl (C=O) groups is 1. The fraction of sp³-hybridized carbons (Fsp3) is 0.917. The molecule has 0 aromatic rings. The van der Waals surface area contributed by atoms with E-state index in [4.69, 9.17) is 5.73 Å². The van der Waals surface area contributed by atoms with Crippen molar-refractivity contribution in [3.63, 3.8) is 0 Å². The van der Waals surface area contributed by atoms with Gasteiger partial charge in [-0.1, -0.05) is 6.92 Å². The molecule has 0 bridgehead atoms. The van der Waals surface area contributed by atoms with Crippen LogP contribution in [0.5, 0.6) is 0 Å². The fourth-order valence-electron chi connectivity index (χ4n) is 2.24. The van der Waals surface area contributed by atoms with Crippen LogP contribution < -0.4 is 11.1 Å². The van der Waals surface area contributed by atoms with Crippen molar-refractivity contribution >= 4 is 5.91 Å². The monoisotopic (exact) mass is 227 g/mol. The van der Waals surface area contributed by atoms with Gasteiger partial charge in [0.05, 0.1) is 5.92 Å². The Labute approximate surface area is 98.6 Å². The molecule has 0 aliphatic heterocycles. The summed E-state index contributed by atoms with van der Waals surface area (Å²) in [4.78, 5) is 14.0. The summed E-state index contributed by atoms with van der Waals surface area (Å²) in [5, 5.41) is 2.97. The molecule has 1 rings (SSSR count). The third-order valence-electron chi connectivity index (χ3n) is 3.36. The van der Waals surface area contributed by atoms with E-state index < -0.39 is 0 Å². The van der Waals surface area contributed by atoms with Gasteiger partial charge in [0.1, 0.15) is 0 Å². The summed E-state index contributed by atoms with van der Waals surface area (Å²) in [6, 6.07) is 0.0514. The lowest BCUT2D eigenvalue weighted by atomic mass is 9.79. The number of nitrogens with one attached hydrogen (secondary N) is 1. The van der Waals surface area contributed by atoms with E-state index in [1.165, 1.54) is 0 Å². The topological polar surface area (TPSA) is 58.4 Å². The van der Waals surface area contributed by atoms with Crippen molar-refractivity contribution in [1.82, 2.24) is 10.2 Å². The summed E-state index contributed by atoms with van der Waals surface area (Å²) < 4.78 is 0. The first-order valence-electron chi connectivity index (χ1n) is 6.18. The van der Waals surface area contributed by atoms with Gasteiger partial charge in [0.15, 0.2) is 0 Å². The lowest BCUT2D eigenvalue weighted by Crippen LogP contribution is -2.46. The van der Waals surface area contributed by atoms with Gasteiger partial charge in [-0.25, -0.2) is 0 Å². The van der Waals surface area contributed by atoms with E-state index in [1.807, 2.05) is 14.1 Å². The number of carbonyl (C=O) groups excluding carboxylic acids is 1. The molecule has 1 aliphatic carbocycles. The minimum atomic E-state index is 0.0194. The number of amides is 1. The molecule has 0 spiro atoms. The molecule has 94 valence electrons. The molecule has 1 aliphatic rings. The minimum Gasteiger partial charge on any atom is -0.355 e. The number of likely N-dealkylation sites (N-methyl/N-ethyl adjacent to an activating group) is 1. The first kappa shape index (κ1) is 13.5. The quantitative estimate of drug-likeness (QED) is 0.732.